The average molecular weight is 758 g/mol. The molecule has 0 bridgehead atoms. The van der Waals surface area contributed by atoms with Crippen LogP contribution < -0.4 is 17.2 Å². The molecular weight excluding hydrogens is 709 g/mol. The summed E-state index contributed by atoms with van der Waals surface area (Å²) in [5.41, 5.74) is 20.5. The number of aryl methyl sites for hydroxylation is 1. The Morgan fingerprint density at radius 1 is 0.472 bits per heavy atom. The van der Waals surface area contributed by atoms with Crippen molar-refractivity contribution in [1.82, 2.24) is 0 Å². The maximum atomic E-state index is 5.71. The van der Waals surface area contributed by atoms with Gasteiger partial charge in [-0.15, -0.1) is 0 Å². The van der Waals surface area contributed by atoms with Crippen molar-refractivity contribution in [2.24, 2.45) is 0 Å². The van der Waals surface area contributed by atoms with Crippen molar-refractivity contribution in [3.8, 4) is 0 Å². The Morgan fingerprint density at radius 3 is 0.972 bits per heavy atom. The molecule has 0 heterocycles. The Morgan fingerprint density at radius 2 is 0.750 bits per heavy atom. The molecule has 0 unspecified atom stereocenters. The largest absolute Gasteiger partial charge is 0.399 e. The van der Waals surface area contributed by atoms with E-state index in [9.17, 15) is 0 Å². The van der Waals surface area contributed by atoms with Gasteiger partial charge in [0.15, 0.2) is 0 Å². The van der Waals surface area contributed by atoms with Crippen molar-refractivity contribution in [3.05, 3.63) is 101 Å². The molecule has 3 radical (unpaired) electrons. The van der Waals surface area contributed by atoms with Crippen molar-refractivity contribution >= 4 is 38.6 Å². The maximum absolute atomic E-state index is 5.71. The summed E-state index contributed by atoms with van der Waals surface area (Å²) in [6.45, 7) is 14.0. The number of anilines is 3. The SMILES string of the molecule is CC.CC.CC.Cc1cccc(N)c1.Nc1cccc(SSc2cccc(N)c2)c1.[CH3-].[CH3-].[CH3-].[Y].[Y].[Y]. The third kappa shape index (κ3) is 31.3. The van der Waals surface area contributed by atoms with Gasteiger partial charge in [-0.3, -0.25) is 0 Å². The minimum atomic E-state index is 0. The summed E-state index contributed by atoms with van der Waals surface area (Å²) >= 11 is 0. The first-order chi connectivity index (χ1) is 14.5. The Bertz CT molecular complexity index is 746. The van der Waals surface area contributed by atoms with Crippen LogP contribution in [0.3, 0.4) is 0 Å². The predicted molar refractivity (Wildman–Crippen MR) is 162 cm³/mol. The number of nitrogens with two attached hydrogens (primary N) is 3. The summed E-state index contributed by atoms with van der Waals surface area (Å²) in [5, 5.41) is 0. The van der Waals surface area contributed by atoms with Gasteiger partial charge >= 0.3 is 0 Å². The van der Waals surface area contributed by atoms with Crippen molar-refractivity contribution in [1.29, 1.82) is 0 Å². The van der Waals surface area contributed by atoms with Crippen LogP contribution in [-0.2, 0) is 98.1 Å². The summed E-state index contributed by atoms with van der Waals surface area (Å²) in [6.07, 6.45) is 0. The molecule has 3 nitrogen and oxygen atoms in total. The van der Waals surface area contributed by atoms with E-state index < -0.39 is 0 Å². The molecule has 3 aromatic carbocycles. The van der Waals surface area contributed by atoms with Crippen molar-refractivity contribution in [3.63, 3.8) is 0 Å². The Hall–Kier alpha value is 1.07. The molecule has 0 aliphatic rings. The van der Waals surface area contributed by atoms with Gasteiger partial charge in [0.25, 0.3) is 0 Å². The average Bonchev–Trinajstić information content (AvgIpc) is 2.77. The van der Waals surface area contributed by atoms with Crippen LogP contribution in [0.2, 0.25) is 0 Å². The van der Waals surface area contributed by atoms with Gasteiger partial charge in [0, 0.05) is 125 Å². The first-order valence-corrected chi connectivity index (χ1v) is 12.6. The quantitative estimate of drug-likeness (QED) is 0.141. The second kappa shape index (κ2) is 40.6. The molecule has 0 aromatic heterocycles. The van der Waals surface area contributed by atoms with Gasteiger partial charge in [-0.05, 0) is 61.0 Å². The molecule has 0 saturated heterocycles. The van der Waals surface area contributed by atoms with E-state index in [4.69, 9.17) is 17.2 Å². The van der Waals surface area contributed by atoms with E-state index in [0.717, 1.165) is 26.9 Å². The van der Waals surface area contributed by atoms with Crippen LogP contribution in [0.5, 0.6) is 0 Å². The van der Waals surface area contributed by atoms with E-state index in [1.165, 1.54) is 5.56 Å². The molecule has 199 valence electrons. The van der Waals surface area contributed by atoms with Crippen LogP contribution >= 0.6 is 21.6 Å². The molecule has 0 atom stereocenters. The van der Waals surface area contributed by atoms with E-state index in [0.29, 0.717) is 0 Å². The summed E-state index contributed by atoms with van der Waals surface area (Å²) in [7, 11) is 3.35. The van der Waals surface area contributed by atoms with Crippen LogP contribution in [0.25, 0.3) is 0 Å². The van der Waals surface area contributed by atoms with Crippen LogP contribution in [0.4, 0.5) is 17.1 Å². The number of benzene rings is 3. The molecule has 0 fully saturated rings. The van der Waals surface area contributed by atoms with Crippen LogP contribution in [0.15, 0.2) is 82.6 Å². The first kappa shape index (κ1) is 57.1. The topological polar surface area (TPSA) is 78.1 Å². The molecule has 6 N–H and O–H groups in total. The molecule has 0 amide bonds. The molecule has 3 rings (SSSR count). The standard InChI is InChI=1S/C12H12N2S2.C7H9N.3C2H6.3CH3.3Y/c13-9-3-1-5-11(7-9)15-16-12-6-2-4-10(14)8-12;1-6-3-2-4-7(8)5-6;3*1-2;;;;;;/h1-8H,13-14H2;2-5H,8H2,1H3;3*1-2H3;3*1H3;;;/q;;;;;3*-1;;;. The van der Waals surface area contributed by atoms with E-state index in [-0.39, 0.29) is 120 Å². The molecule has 0 aliphatic heterocycles. The van der Waals surface area contributed by atoms with Gasteiger partial charge in [-0.25, -0.2) is 0 Å². The zero-order valence-electron chi connectivity index (χ0n) is 24.2. The van der Waals surface area contributed by atoms with E-state index in [1.807, 2.05) is 121 Å². The number of hydrogen-bond acceptors (Lipinski definition) is 5. The first-order valence-electron chi connectivity index (χ1n) is 10.4. The van der Waals surface area contributed by atoms with Crippen LogP contribution in [0, 0.1) is 29.2 Å². The fourth-order valence-electron chi connectivity index (χ4n) is 1.90. The number of hydrogen-bond donors (Lipinski definition) is 3. The van der Waals surface area contributed by atoms with Gasteiger partial charge < -0.3 is 39.5 Å². The van der Waals surface area contributed by atoms with Gasteiger partial charge in [0.1, 0.15) is 0 Å². The fourth-order valence-corrected chi connectivity index (χ4v) is 3.93. The Kier molecular flexibility index (Phi) is 64.3. The molecule has 8 heteroatoms. The summed E-state index contributed by atoms with van der Waals surface area (Å²) in [5.74, 6) is 0. The Labute approximate surface area is 308 Å². The Balaban J connectivity index is -0.0000000571. The molecule has 0 saturated carbocycles. The van der Waals surface area contributed by atoms with Crippen molar-refractivity contribution < 1.29 is 98.1 Å². The van der Waals surface area contributed by atoms with Gasteiger partial charge in [0.05, 0.1) is 0 Å². The molecule has 3 aromatic rings. The third-order valence-corrected chi connectivity index (χ3v) is 5.37. The van der Waals surface area contributed by atoms with Gasteiger partial charge in [0.2, 0.25) is 0 Å². The van der Waals surface area contributed by atoms with Crippen molar-refractivity contribution in [2.45, 2.75) is 58.3 Å². The minimum Gasteiger partial charge on any atom is -0.399 e. The van der Waals surface area contributed by atoms with Gasteiger partial charge in [-0.1, -0.05) is 87.4 Å². The zero-order chi connectivity index (χ0) is 23.4. The van der Waals surface area contributed by atoms with E-state index in [2.05, 4.69) is 0 Å². The minimum absolute atomic E-state index is 0. The zero-order valence-corrected chi connectivity index (χ0v) is 34.4. The van der Waals surface area contributed by atoms with Crippen molar-refractivity contribution in [2.75, 3.05) is 17.2 Å². The van der Waals surface area contributed by atoms with E-state index in [1.54, 1.807) is 21.6 Å². The van der Waals surface area contributed by atoms with Crippen LogP contribution in [0.1, 0.15) is 47.1 Å². The monoisotopic (exact) mass is 757 g/mol. The molecule has 36 heavy (non-hydrogen) atoms. The molecule has 0 spiro atoms. The number of nitrogen functional groups attached to an aromatic ring is 3. The summed E-state index contributed by atoms with van der Waals surface area (Å²) in [6, 6.07) is 23.5. The van der Waals surface area contributed by atoms with Crippen LogP contribution in [-0.4, -0.2) is 0 Å². The molecule has 0 aliphatic carbocycles. The molecular formula is C28H48N3S2Y3-3. The number of rotatable bonds is 3. The predicted octanol–water partition coefficient (Wildman–Crippen LogP) is 9.65. The van der Waals surface area contributed by atoms with E-state index >= 15 is 0 Å². The second-order valence-electron chi connectivity index (χ2n) is 5.23. The summed E-state index contributed by atoms with van der Waals surface area (Å²) in [4.78, 5) is 2.29. The van der Waals surface area contributed by atoms with Gasteiger partial charge in [-0.2, -0.15) is 0 Å². The smallest absolute Gasteiger partial charge is 0.0325 e. The second-order valence-corrected chi connectivity index (χ2v) is 7.50. The fraction of sp³-hybridized carbons (Fsp3) is 0.250. The maximum Gasteiger partial charge on any atom is 0.0325 e. The normalized spacial score (nSPS) is 7.08. The summed E-state index contributed by atoms with van der Waals surface area (Å²) < 4.78 is 0. The third-order valence-electron chi connectivity index (χ3n) is 2.99.